The first kappa shape index (κ1) is 20.6. The van der Waals surface area contributed by atoms with Crippen LogP contribution in [0.2, 0.25) is 0 Å². The second-order valence-corrected chi connectivity index (χ2v) is 7.91. The van der Waals surface area contributed by atoms with Gasteiger partial charge in [0.15, 0.2) is 17.3 Å². The Hall–Kier alpha value is -4.27. The number of fused-ring (bicyclic) bond motifs is 1. The summed E-state index contributed by atoms with van der Waals surface area (Å²) < 4.78 is 18.6. The summed E-state index contributed by atoms with van der Waals surface area (Å²) in [5, 5.41) is 29.5. The number of aromatic nitrogens is 4. The van der Waals surface area contributed by atoms with Gasteiger partial charge in [0.1, 0.15) is 18.1 Å². The van der Waals surface area contributed by atoms with E-state index in [1.54, 1.807) is 35.2 Å². The molecule has 9 nitrogen and oxygen atoms in total. The molecule has 0 atom stereocenters. The third kappa shape index (κ3) is 3.89. The van der Waals surface area contributed by atoms with E-state index in [9.17, 15) is 10.2 Å². The minimum Gasteiger partial charge on any atom is -0.508 e. The predicted molar refractivity (Wildman–Crippen MR) is 119 cm³/mol. The summed E-state index contributed by atoms with van der Waals surface area (Å²) in [7, 11) is 0. The molecule has 0 saturated carbocycles. The van der Waals surface area contributed by atoms with E-state index in [0.717, 1.165) is 5.56 Å². The normalized spacial score (nSPS) is 12.3. The highest BCUT2D eigenvalue weighted by molar-refractivity contribution is 5.70. The van der Waals surface area contributed by atoms with Crippen molar-refractivity contribution in [3.63, 3.8) is 0 Å². The number of pyridine rings is 1. The molecule has 3 heterocycles. The van der Waals surface area contributed by atoms with Crippen molar-refractivity contribution in [2.75, 3.05) is 6.79 Å². The van der Waals surface area contributed by atoms with E-state index in [4.69, 9.17) is 14.2 Å². The molecular weight excluding hydrogens is 424 g/mol. The Balaban J connectivity index is 1.63. The fourth-order valence-corrected chi connectivity index (χ4v) is 3.66. The molecule has 1 aliphatic heterocycles. The van der Waals surface area contributed by atoms with Gasteiger partial charge >= 0.3 is 6.01 Å². The van der Waals surface area contributed by atoms with Gasteiger partial charge in [-0.25, -0.2) is 4.57 Å². The summed E-state index contributed by atoms with van der Waals surface area (Å²) in [6, 6.07) is 12.4. The average Bonchev–Trinajstić information content (AvgIpc) is 3.44. The van der Waals surface area contributed by atoms with Gasteiger partial charge in [-0.2, -0.15) is 0 Å². The van der Waals surface area contributed by atoms with E-state index in [1.165, 1.54) is 6.07 Å². The zero-order valence-electron chi connectivity index (χ0n) is 18.1. The molecule has 1 aliphatic rings. The average molecular weight is 446 g/mol. The Labute approximate surface area is 189 Å². The lowest BCUT2D eigenvalue weighted by Gasteiger charge is -2.15. The van der Waals surface area contributed by atoms with Crippen molar-refractivity contribution in [3.8, 4) is 46.1 Å². The molecule has 0 unspecified atom stereocenters. The summed E-state index contributed by atoms with van der Waals surface area (Å²) in [4.78, 5) is 4.11. The maximum Gasteiger partial charge on any atom is 0.322 e. The lowest BCUT2D eigenvalue weighted by molar-refractivity contribution is 0.174. The number of ether oxygens (including phenoxy) is 3. The van der Waals surface area contributed by atoms with E-state index in [0.29, 0.717) is 34.1 Å². The topological polar surface area (TPSA) is 112 Å². The van der Waals surface area contributed by atoms with Crippen LogP contribution < -0.4 is 14.2 Å². The van der Waals surface area contributed by atoms with Gasteiger partial charge in [-0.05, 0) is 35.7 Å². The van der Waals surface area contributed by atoms with Crippen molar-refractivity contribution in [3.05, 3.63) is 66.0 Å². The zero-order valence-corrected chi connectivity index (χ0v) is 18.1. The van der Waals surface area contributed by atoms with Crippen LogP contribution in [0.15, 0.2) is 54.9 Å². The molecule has 9 heteroatoms. The van der Waals surface area contributed by atoms with Crippen LogP contribution in [0, 0.1) is 0 Å². The van der Waals surface area contributed by atoms with Crippen LogP contribution in [-0.2, 0) is 6.61 Å². The number of phenols is 2. The lowest BCUT2D eigenvalue weighted by Crippen LogP contribution is -2.05. The Morgan fingerprint density at radius 1 is 1.03 bits per heavy atom. The first-order valence-electron chi connectivity index (χ1n) is 10.4. The summed E-state index contributed by atoms with van der Waals surface area (Å²) >= 11 is 0. The van der Waals surface area contributed by atoms with Gasteiger partial charge in [-0.3, -0.25) is 4.98 Å². The quantitative estimate of drug-likeness (QED) is 0.454. The minimum absolute atomic E-state index is 0.0217. The highest BCUT2D eigenvalue weighted by atomic mass is 16.7. The molecular formula is C24H22N4O5. The largest absolute Gasteiger partial charge is 0.508 e. The van der Waals surface area contributed by atoms with Gasteiger partial charge in [-0.1, -0.05) is 25.0 Å². The second-order valence-electron chi connectivity index (χ2n) is 7.91. The fourth-order valence-electron chi connectivity index (χ4n) is 3.66. The van der Waals surface area contributed by atoms with E-state index >= 15 is 0 Å². The SMILES string of the molecule is CC(C)c1cc(-c2nnc(OCc3cccnc3)n2-c2ccc3c(c2)OCO3)c(O)cc1O. The molecule has 0 fully saturated rings. The number of aromatic hydroxyl groups is 2. The minimum atomic E-state index is -0.120. The van der Waals surface area contributed by atoms with E-state index in [-0.39, 0.29) is 36.8 Å². The predicted octanol–water partition coefficient (Wildman–Crippen LogP) is 4.17. The molecule has 33 heavy (non-hydrogen) atoms. The van der Waals surface area contributed by atoms with Gasteiger partial charge in [0, 0.05) is 30.1 Å². The molecule has 0 radical (unpaired) electrons. The van der Waals surface area contributed by atoms with Crippen molar-refractivity contribution >= 4 is 0 Å². The van der Waals surface area contributed by atoms with Crippen LogP contribution in [0.25, 0.3) is 17.1 Å². The fraction of sp³-hybridized carbons (Fsp3) is 0.208. The van der Waals surface area contributed by atoms with Crippen molar-refractivity contribution in [2.24, 2.45) is 0 Å². The third-order valence-electron chi connectivity index (χ3n) is 5.35. The Kier molecular flexibility index (Phi) is 5.21. The monoisotopic (exact) mass is 446 g/mol. The Morgan fingerprint density at radius 3 is 2.67 bits per heavy atom. The summed E-state index contributed by atoms with van der Waals surface area (Å²) in [5.74, 6) is 1.52. The van der Waals surface area contributed by atoms with Gasteiger partial charge < -0.3 is 24.4 Å². The first-order valence-corrected chi connectivity index (χ1v) is 10.4. The van der Waals surface area contributed by atoms with Crippen LogP contribution in [0.3, 0.4) is 0 Å². The van der Waals surface area contributed by atoms with Crippen LogP contribution >= 0.6 is 0 Å². The van der Waals surface area contributed by atoms with Crippen molar-refractivity contribution in [2.45, 2.75) is 26.4 Å². The molecule has 168 valence electrons. The Morgan fingerprint density at radius 2 is 1.88 bits per heavy atom. The lowest BCUT2D eigenvalue weighted by atomic mass is 9.98. The molecule has 0 aliphatic carbocycles. The smallest absolute Gasteiger partial charge is 0.322 e. The van der Waals surface area contributed by atoms with E-state index < -0.39 is 0 Å². The molecule has 2 aromatic carbocycles. The summed E-state index contributed by atoms with van der Waals surface area (Å²) in [5.41, 5.74) is 2.63. The van der Waals surface area contributed by atoms with Gasteiger partial charge in [0.05, 0.1) is 11.3 Å². The molecule has 4 aromatic rings. The highest BCUT2D eigenvalue weighted by Gasteiger charge is 2.24. The maximum absolute atomic E-state index is 10.7. The number of benzene rings is 2. The molecule has 0 amide bonds. The van der Waals surface area contributed by atoms with Gasteiger partial charge in [0.25, 0.3) is 0 Å². The highest BCUT2D eigenvalue weighted by Crippen LogP contribution is 2.40. The molecule has 2 N–H and O–H groups in total. The molecule has 0 spiro atoms. The molecule has 0 saturated heterocycles. The molecule has 2 aromatic heterocycles. The summed E-state index contributed by atoms with van der Waals surface area (Å²) in [6.07, 6.45) is 3.40. The second kappa shape index (κ2) is 8.34. The van der Waals surface area contributed by atoms with Gasteiger partial charge in [0.2, 0.25) is 6.79 Å². The number of hydrogen-bond acceptors (Lipinski definition) is 8. The number of phenolic OH excluding ortho intramolecular Hbond substituents is 2. The summed E-state index contributed by atoms with van der Waals surface area (Å²) in [6.45, 7) is 4.30. The van der Waals surface area contributed by atoms with Crippen LogP contribution in [0.5, 0.6) is 29.0 Å². The van der Waals surface area contributed by atoms with Crippen molar-refractivity contribution < 1.29 is 24.4 Å². The molecule has 0 bridgehead atoms. The maximum atomic E-state index is 10.7. The first-order chi connectivity index (χ1) is 16.0. The zero-order chi connectivity index (χ0) is 22.9. The van der Waals surface area contributed by atoms with Crippen molar-refractivity contribution in [1.29, 1.82) is 0 Å². The van der Waals surface area contributed by atoms with Crippen LogP contribution in [-0.4, -0.2) is 36.8 Å². The standard InChI is InChI=1S/C24H22N4O5/c1-14(2)17-9-18(20(30)10-19(17)29)23-26-27-24(31-12-15-4-3-7-25-11-15)28(23)16-5-6-21-22(8-16)33-13-32-21/h3-11,14,29-30H,12-13H2,1-2H3. The van der Waals surface area contributed by atoms with E-state index in [2.05, 4.69) is 15.2 Å². The number of hydrogen-bond donors (Lipinski definition) is 2. The van der Waals surface area contributed by atoms with Crippen molar-refractivity contribution in [1.82, 2.24) is 19.7 Å². The number of nitrogens with zero attached hydrogens (tertiary/aromatic N) is 4. The number of rotatable bonds is 6. The van der Waals surface area contributed by atoms with Crippen LogP contribution in [0.4, 0.5) is 0 Å². The Bertz CT molecular complexity index is 1300. The van der Waals surface area contributed by atoms with Gasteiger partial charge in [-0.15, -0.1) is 5.10 Å². The van der Waals surface area contributed by atoms with Crippen LogP contribution in [0.1, 0.15) is 30.9 Å². The third-order valence-corrected chi connectivity index (χ3v) is 5.35. The molecule has 5 rings (SSSR count). The van der Waals surface area contributed by atoms with E-state index in [1.807, 2.05) is 32.0 Å².